The van der Waals surface area contributed by atoms with Crippen molar-refractivity contribution >= 4 is 15.8 Å². The van der Waals surface area contributed by atoms with Crippen LogP contribution in [0.4, 0.5) is 0 Å². The summed E-state index contributed by atoms with van der Waals surface area (Å²) >= 11 is 0. The van der Waals surface area contributed by atoms with Gasteiger partial charge in [-0.3, -0.25) is 0 Å². The Morgan fingerprint density at radius 3 is 1.05 bits per heavy atom. The van der Waals surface area contributed by atoms with Gasteiger partial charge in [0.25, 0.3) is 0 Å². The van der Waals surface area contributed by atoms with E-state index in [1.807, 2.05) is 0 Å². The SMILES string of the molecule is CCCC(CCC)(P1CCCC1(C1CCCC1)C1CCCC1)P1CCCC1(C1CCCC1)C1CCCC1. The average molecular weight is 545 g/mol. The van der Waals surface area contributed by atoms with E-state index in [9.17, 15) is 0 Å². The summed E-state index contributed by atoms with van der Waals surface area (Å²) in [7, 11) is 0.312. The van der Waals surface area contributed by atoms with Crippen LogP contribution in [0.15, 0.2) is 0 Å². The highest BCUT2D eigenvalue weighted by molar-refractivity contribution is 7.79. The minimum atomic E-state index is 0.156. The fourth-order valence-electron chi connectivity index (χ4n) is 12.6. The van der Waals surface area contributed by atoms with E-state index in [1.54, 1.807) is 154 Å². The molecule has 2 unspecified atom stereocenters. The lowest BCUT2D eigenvalue weighted by atomic mass is 9.76. The van der Waals surface area contributed by atoms with E-state index < -0.39 is 0 Å². The molecule has 2 atom stereocenters. The predicted octanol–water partition coefficient (Wildman–Crippen LogP) is 12.1. The number of hydrogen-bond donors (Lipinski definition) is 0. The van der Waals surface area contributed by atoms with Crippen molar-refractivity contribution in [2.24, 2.45) is 23.7 Å². The van der Waals surface area contributed by atoms with Crippen molar-refractivity contribution < 1.29 is 0 Å². The Kier molecular flexibility index (Phi) is 9.08. The molecule has 0 radical (unpaired) electrons. The Labute approximate surface area is 234 Å². The standard InChI is InChI=1S/C35H62P2/c1-3-23-33(24-4-2,36-27-13-25-34(36,29-15-5-6-16-29)30-17-7-8-18-30)37-28-14-26-35(37,31-19-9-10-20-31)32-21-11-12-22-32/h29-32H,3-28H2,1-2H3. The Morgan fingerprint density at radius 1 is 0.486 bits per heavy atom. The summed E-state index contributed by atoms with van der Waals surface area (Å²) < 4.78 is 0. The van der Waals surface area contributed by atoms with Crippen LogP contribution in [0.1, 0.15) is 168 Å². The molecular formula is C35H62P2. The molecule has 2 aliphatic heterocycles. The van der Waals surface area contributed by atoms with E-state index in [0.29, 0.717) is 0 Å². The maximum atomic E-state index is 2.61. The molecule has 4 saturated carbocycles. The molecule has 0 aromatic carbocycles. The molecule has 2 heteroatoms. The summed E-state index contributed by atoms with van der Waals surface area (Å²) in [5.41, 5.74) is 0. The van der Waals surface area contributed by atoms with Gasteiger partial charge in [0.05, 0.1) is 0 Å². The van der Waals surface area contributed by atoms with Gasteiger partial charge in [-0.25, -0.2) is 0 Å². The molecule has 0 amide bonds. The molecule has 0 N–H and O–H groups in total. The summed E-state index contributed by atoms with van der Waals surface area (Å²) in [4.78, 5) is 0.789. The molecule has 4 aliphatic carbocycles. The molecule has 0 bridgehead atoms. The Balaban J connectivity index is 1.48. The van der Waals surface area contributed by atoms with Crippen molar-refractivity contribution in [2.75, 3.05) is 12.3 Å². The van der Waals surface area contributed by atoms with Crippen LogP contribution in [0, 0.1) is 23.7 Å². The largest absolute Gasteiger partial charge is 0.0889 e. The number of rotatable bonds is 10. The zero-order chi connectivity index (χ0) is 25.3. The van der Waals surface area contributed by atoms with E-state index in [0.717, 1.165) is 38.9 Å². The summed E-state index contributed by atoms with van der Waals surface area (Å²) in [6.45, 7) is 5.22. The van der Waals surface area contributed by atoms with Gasteiger partial charge in [-0.2, -0.15) is 0 Å². The first-order chi connectivity index (χ1) is 18.2. The highest BCUT2D eigenvalue weighted by Gasteiger charge is 2.66. The van der Waals surface area contributed by atoms with Crippen LogP contribution >= 0.6 is 15.8 Å². The van der Waals surface area contributed by atoms with E-state index in [1.165, 1.54) is 12.8 Å². The molecule has 6 rings (SSSR count). The van der Waals surface area contributed by atoms with Crippen molar-refractivity contribution in [2.45, 2.75) is 183 Å². The van der Waals surface area contributed by atoms with Crippen LogP contribution in [-0.2, 0) is 0 Å². The molecular weight excluding hydrogens is 482 g/mol. The summed E-state index contributed by atoms with van der Waals surface area (Å²) in [5.74, 6) is 4.51. The fraction of sp³-hybridized carbons (Fsp3) is 1.00. The van der Waals surface area contributed by atoms with Crippen LogP contribution < -0.4 is 0 Å². The Bertz CT molecular complexity index is 626. The van der Waals surface area contributed by atoms with Gasteiger partial charge in [0, 0.05) is 4.90 Å². The van der Waals surface area contributed by atoms with Crippen LogP contribution in [-0.4, -0.2) is 27.5 Å². The second kappa shape index (κ2) is 12.0. The highest BCUT2D eigenvalue weighted by Crippen LogP contribution is 2.88. The molecule has 0 aromatic heterocycles. The van der Waals surface area contributed by atoms with Crippen LogP contribution in [0.3, 0.4) is 0 Å². The van der Waals surface area contributed by atoms with Gasteiger partial charge in [-0.15, -0.1) is 0 Å². The zero-order valence-corrected chi connectivity index (χ0v) is 26.9. The maximum Gasteiger partial charge on any atom is 0.0116 e. The third kappa shape index (κ3) is 4.58. The lowest BCUT2D eigenvalue weighted by Gasteiger charge is -2.61. The van der Waals surface area contributed by atoms with Gasteiger partial charge in [0.15, 0.2) is 0 Å². The van der Waals surface area contributed by atoms with Gasteiger partial charge in [-0.05, 0) is 136 Å². The first-order valence-electron chi connectivity index (χ1n) is 17.8. The van der Waals surface area contributed by atoms with Crippen LogP contribution in [0.5, 0.6) is 0 Å². The quantitative estimate of drug-likeness (QED) is 0.240. The molecule has 2 saturated heterocycles. The van der Waals surface area contributed by atoms with E-state index in [4.69, 9.17) is 0 Å². The predicted molar refractivity (Wildman–Crippen MR) is 168 cm³/mol. The maximum absolute atomic E-state index is 2.61. The van der Waals surface area contributed by atoms with Gasteiger partial charge < -0.3 is 0 Å². The van der Waals surface area contributed by atoms with Gasteiger partial charge >= 0.3 is 0 Å². The van der Waals surface area contributed by atoms with E-state index in [2.05, 4.69) is 13.8 Å². The Morgan fingerprint density at radius 2 is 0.784 bits per heavy atom. The smallest absolute Gasteiger partial charge is 0.0116 e. The monoisotopic (exact) mass is 544 g/mol. The molecule has 0 nitrogen and oxygen atoms in total. The lowest BCUT2D eigenvalue weighted by molar-refractivity contribution is 0.251. The molecule has 0 spiro atoms. The third-order valence-electron chi connectivity index (χ3n) is 13.5. The average Bonchev–Trinajstić information content (AvgIpc) is 3.76. The fourth-order valence-corrected chi connectivity index (χ4v) is 25.3. The summed E-state index contributed by atoms with van der Waals surface area (Å²) in [5, 5.41) is 1.63. The topological polar surface area (TPSA) is 0 Å². The summed E-state index contributed by atoms with van der Waals surface area (Å²) in [6.07, 6.45) is 41.8. The first-order valence-corrected chi connectivity index (χ1v) is 20.8. The molecule has 6 fully saturated rings. The van der Waals surface area contributed by atoms with Crippen LogP contribution in [0.25, 0.3) is 0 Å². The Hall–Kier alpha value is 0.860. The lowest BCUT2D eigenvalue weighted by Crippen LogP contribution is -2.49. The highest BCUT2D eigenvalue weighted by atomic mass is 31.2. The molecule has 37 heavy (non-hydrogen) atoms. The van der Waals surface area contributed by atoms with Crippen molar-refractivity contribution in [1.82, 2.24) is 0 Å². The second-order valence-electron chi connectivity index (χ2n) is 14.9. The zero-order valence-electron chi connectivity index (χ0n) is 25.1. The first kappa shape index (κ1) is 28.0. The normalized spacial score (nSPS) is 33.9. The molecule has 212 valence electrons. The number of hydrogen-bond acceptors (Lipinski definition) is 0. The van der Waals surface area contributed by atoms with Crippen molar-refractivity contribution in [1.29, 1.82) is 0 Å². The minimum absolute atomic E-state index is 0.156. The van der Waals surface area contributed by atoms with Crippen molar-refractivity contribution in [3.63, 3.8) is 0 Å². The molecule has 2 heterocycles. The van der Waals surface area contributed by atoms with E-state index >= 15 is 0 Å². The van der Waals surface area contributed by atoms with Crippen LogP contribution in [0.2, 0.25) is 0 Å². The third-order valence-corrected chi connectivity index (χ3v) is 23.3. The van der Waals surface area contributed by atoms with Gasteiger partial charge in [-0.1, -0.05) is 93.9 Å². The minimum Gasteiger partial charge on any atom is -0.0889 e. The van der Waals surface area contributed by atoms with Crippen molar-refractivity contribution in [3.8, 4) is 0 Å². The van der Waals surface area contributed by atoms with Gasteiger partial charge in [0.2, 0.25) is 0 Å². The van der Waals surface area contributed by atoms with Crippen molar-refractivity contribution in [3.05, 3.63) is 0 Å². The van der Waals surface area contributed by atoms with Gasteiger partial charge in [0.1, 0.15) is 0 Å². The molecule has 0 aromatic rings. The van der Waals surface area contributed by atoms with E-state index in [-0.39, 0.29) is 15.8 Å². The second-order valence-corrected chi connectivity index (χ2v) is 21.2. The molecule has 6 aliphatic rings. The summed E-state index contributed by atoms with van der Waals surface area (Å²) in [6, 6.07) is 0.